The van der Waals surface area contributed by atoms with Crippen LogP contribution in [0.5, 0.6) is 0 Å². The predicted molar refractivity (Wildman–Crippen MR) is 53.2 cm³/mol. The highest BCUT2D eigenvalue weighted by Crippen LogP contribution is 2.21. The van der Waals surface area contributed by atoms with Crippen LogP contribution in [0.25, 0.3) is 0 Å². The van der Waals surface area contributed by atoms with Gasteiger partial charge in [0.05, 0.1) is 12.1 Å². The summed E-state index contributed by atoms with van der Waals surface area (Å²) in [5.74, 6) is 0. The van der Waals surface area contributed by atoms with E-state index in [2.05, 4.69) is 10.6 Å². The third kappa shape index (κ3) is 2.32. The van der Waals surface area contributed by atoms with Crippen LogP contribution in [-0.2, 0) is 4.74 Å². The summed E-state index contributed by atoms with van der Waals surface area (Å²) >= 11 is 5.01. The molecule has 1 aliphatic carbocycles. The van der Waals surface area contributed by atoms with Crippen molar-refractivity contribution in [2.75, 3.05) is 14.2 Å². The summed E-state index contributed by atoms with van der Waals surface area (Å²) in [7, 11) is 3.58. The molecule has 0 saturated heterocycles. The summed E-state index contributed by atoms with van der Waals surface area (Å²) in [6.45, 7) is 0. The lowest BCUT2D eigenvalue weighted by molar-refractivity contribution is 0.0907. The maximum atomic E-state index is 5.32. The van der Waals surface area contributed by atoms with Crippen molar-refractivity contribution in [3.63, 3.8) is 0 Å². The molecule has 1 rings (SSSR count). The molecule has 70 valence electrons. The second kappa shape index (κ2) is 4.62. The van der Waals surface area contributed by atoms with Crippen molar-refractivity contribution in [1.29, 1.82) is 0 Å². The number of thiocarbonyl (C=S) groups is 1. The molecule has 0 aromatic heterocycles. The van der Waals surface area contributed by atoms with Gasteiger partial charge in [0, 0.05) is 14.2 Å². The molecule has 0 aromatic carbocycles. The van der Waals surface area contributed by atoms with Gasteiger partial charge in [-0.05, 0) is 31.5 Å². The van der Waals surface area contributed by atoms with Gasteiger partial charge in [-0.25, -0.2) is 0 Å². The highest BCUT2D eigenvalue weighted by Gasteiger charge is 2.27. The number of hydrogen-bond donors (Lipinski definition) is 2. The molecule has 0 bridgehead atoms. The van der Waals surface area contributed by atoms with E-state index >= 15 is 0 Å². The van der Waals surface area contributed by atoms with Crippen molar-refractivity contribution in [2.24, 2.45) is 0 Å². The molecule has 2 N–H and O–H groups in total. The van der Waals surface area contributed by atoms with Crippen LogP contribution in [0.1, 0.15) is 19.3 Å². The van der Waals surface area contributed by atoms with Gasteiger partial charge in [0.1, 0.15) is 0 Å². The van der Waals surface area contributed by atoms with Crippen LogP contribution < -0.4 is 10.6 Å². The first-order valence-electron chi connectivity index (χ1n) is 4.29. The van der Waals surface area contributed by atoms with E-state index in [1.807, 2.05) is 7.05 Å². The molecule has 1 fully saturated rings. The number of ether oxygens (including phenoxy) is 1. The zero-order valence-electron chi connectivity index (χ0n) is 7.59. The van der Waals surface area contributed by atoms with Crippen LogP contribution in [0.3, 0.4) is 0 Å². The molecule has 0 heterocycles. The maximum absolute atomic E-state index is 5.32. The summed E-state index contributed by atoms with van der Waals surface area (Å²) < 4.78 is 5.32. The Bertz CT molecular complexity index is 163. The molecule has 4 heteroatoms. The van der Waals surface area contributed by atoms with E-state index in [1.165, 1.54) is 6.42 Å². The van der Waals surface area contributed by atoms with Crippen LogP contribution in [0.15, 0.2) is 0 Å². The van der Waals surface area contributed by atoms with Crippen LogP contribution in [-0.4, -0.2) is 31.4 Å². The van der Waals surface area contributed by atoms with E-state index in [-0.39, 0.29) is 0 Å². The number of methoxy groups -OCH3 is 1. The fourth-order valence-corrected chi connectivity index (χ4v) is 1.77. The van der Waals surface area contributed by atoms with Gasteiger partial charge in [0.25, 0.3) is 0 Å². The van der Waals surface area contributed by atoms with Gasteiger partial charge in [-0.15, -0.1) is 0 Å². The quantitative estimate of drug-likeness (QED) is 0.623. The van der Waals surface area contributed by atoms with Gasteiger partial charge in [0.2, 0.25) is 0 Å². The maximum Gasteiger partial charge on any atom is 0.166 e. The molecule has 0 spiro atoms. The van der Waals surface area contributed by atoms with Crippen LogP contribution in [0.2, 0.25) is 0 Å². The molecule has 2 unspecified atom stereocenters. The van der Waals surface area contributed by atoms with Gasteiger partial charge in [-0.3, -0.25) is 0 Å². The molecule has 0 aliphatic heterocycles. The first-order valence-corrected chi connectivity index (χ1v) is 4.69. The van der Waals surface area contributed by atoms with Crippen LogP contribution in [0, 0.1) is 0 Å². The minimum Gasteiger partial charge on any atom is -0.379 e. The van der Waals surface area contributed by atoms with Gasteiger partial charge in [-0.2, -0.15) is 0 Å². The summed E-state index contributed by atoms with van der Waals surface area (Å²) in [5, 5.41) is 6.84. The average molecular weight is 188 g/mol. The number of hydrogen-bond acceptors (Lipinski definition) is 2. The summed E-state index contributed by atoms with van der Waals surface area (Å²) in [5.41, 5.74) is 0. The van der Waals surface area contributed by atoms with E-state index in [1.54, 1.807) is 7.11 Å². The monoisotopic (exact) mass is 188 g/mol. The lowest BCUT2D eigenvalue weighted by atomic mass is 10.2. The average Bonchev–Trinajstić information content (AvgIpc) is 2.51. The van der Waals surface area contributed by atoms with E-state index < -0.39 is 0 Å². The molecule has 1 saturated carbocycles. The van der Waals surface area contributed by atoms with Crippen LogP contribution in [0.4, 0.5) is 0 Å². The van der Waals surface area contributed by atoms with Crippen molar-refractivity contribution in [3.05, 3.63) is 0 Å². The fraction of sp³-hybridized carbons (Fsp3) is 0.875. The first-order chi connectivity index (χ1) is 5.77. The van der Waals surface area contributed by atoms with Crippen molar-refractivity contribution in [3.8, 4) is 0 Å². The summed E-state index contributed by atoms with van der Waals surface area (Å²) in [6, 6.07) is 0.398. The largest absolute Gasteiger partial charge is 0.379 e. The van der Waals surface area contributed by atoms with Crippen molar-refractivity contribution >= 4 is 17.3 Å². The Morgan fingerprint density at radius 2 is 2.25 bits per heavy atom. The lowest BCUT2D eigenvalue weighted by Crippen LogP contribution is -2.44. The Labute approximate surface area is 78.9 Å². The van der Waals surface area contributed by atoms with Crippen LogP contribution >= 0.6 is 12.2 Å². The predicted octanol–water partition coefficient (Wildman–Crippen LogP) is 0.648. The first kappa shape index (κ1) is 9.74. The van der Waals surface area contributed by atoms with Crippen molar-refractivity contribution in [2.45, 2.75) is 31.4 Å². The van der Waals surface area contributed by atoms with Gasteiger partial charge < -0.3 is 15.4 Å². The molecular formula is C8H16N2OS. The Morgan fingerprint density at radius 1 is 1.50 bits per heavy atom. The molecular weight excluding hydrogens is 172 g/mol. The van der Waals surface area contributed by atoms with E-state index in [4.69, 9.17) is 17.0 Å². The normalized spacial score (nSPS) is 28.5. The van der Waals surface area contributed by atoms with Gasteiger partial charge >= 0.3 is 0 Å². The summed E-state index contributed by atoms with van der Waals surface area (Å²) in [4.78, 5) is 0. The third-order valence-electron chi connectivity index (χ3n) is 2.30. The highest BCUT2D eigenvalue weighted by atomic mass is 32.1. The molecule has 0 amide bonds. The van der Waals surface area contributed by atoms with Gasteiger partial charge in [-0.1, -0.05) is 0 Å². The van der Waals surface area contributed by atoms with Gasteiger partial charge in [0.15, 0.2) is 5.11 Å². The minimum atomic E-state index is 0.330. The molecule has 2 atom stereocenters. The minimum absolute atomic E-state index is 0.330. The zero-order chi connectivity index (χ0) is 8.97. The molecule has 0 aromatic rings. The number of nitrogens with one attached hydrogen (secondary N) is 2. The molecule has 12 heavy (non-hydrogen) atoms. The second-order valence-corrected chi connectivity index (χ2v) is 3.44. The van der Waals surface area contributed by atoms with E-state index in [9.17, 15) is 0 Å². The topological polar surface area (TPSA) is 33.3 Å². The Hall–Kier alpha value is -0.350. The lowest BCUT2D eigenvalue weighted by Gasteiger charge is -2.20. The molecule has 0 radical (unpaired) electrons. The third-order valence-corrected chi connectivity index (χ3v) is 2.62. The smallest absolute Gasteiger partial charge is 0.166 e. The van der Waals surface area contributed by atoms with Crippen molar-refractivity contribution < 1.29 is 4.74 Å². The summed E-state index contributed by atoms with van der Waals surface area (Å²) in [6.07, 6.45) is 3.85. The highest BCUT2D eigenvalue weighted by molar-refractivity contribution is 7.80. The number of rotatable bonds is 2. The standard InChI is InChI=1S/C8H16N2OS/c1-9-8(12)10-6-4-3-5-7(6)11-2/h6-7H,3-5H2,1-2H3,(H2,9,10,12). The molecule has 3 nitrogen and oxygen atoms in total. The Morgan fingerprint density at radius 3 is 2.83 bits per heavy atom. The van der Waals surface area contributed by atoms with E-state index in [0.717, 1.165) is 12.8 Å². The fourth-order valence-electron chi connectivity index (χ4n) is 1.61. The second-order valence-electron chi connectivity index (χ2n) is 3.04. The Kier molecular flexibility index (Phi) is 3.75. The van der Waals surface area contributed by atoms with E-state index in [0.29, 0.717) is 17.3 Å². The van der Waals surface area contributed by atoms with Crippen molar-refractivity contribution in [1.82, 2.24) is 10.6 Å². The Balaban J connectivity index is 2.35. The SMILES string of the molecule is CNC(=S)NC1CCCC1OC. The zero-order valence-corrected chi connectivity index (χ0v) is 8.41. The molecule has 1 aliphatic rings.